The third-order valence-corrected chi connectivity index (χ3v) is 4.64. The van der Waals surface area contributed by atoms with Gasteiger partial charge in [-0.25, -0.2) is 0 Å². The van der Waals surface area contributed by atoms with Crippen LogP contribution in [-0.4, -0.2) is 31.6 Å². The second-order valence-electron chi connectivity index (χ2n) is 6.35. The molecule has 0 N–H and O–H groups in total. The maximum absolute atomic E-state index is 5.24. The quantitative estimate of drug-likeness (QED) is 0.689. The minimum absolute atomic E-state index is 0.672. The predicted octanol–water partition coefficient (Wildman–Crippen LogP) is 4.95. The molecule has 1 fully saturated rings. The van der Waals surface area contributed by atoms with Crippen molar-refractivity contribution in [2.75, 3.05) is 26.7 Å². The van der Waals surface area contributed by atoms with E-state index in [0.29, 0.717) is 5.92 Å². The summed E-state index contributed by atoms with van der Waals surface area (Å²) in [4.78, 5) is 2.51. The molecule has 1 aromatic carbocycles. The van der Waals surface area contributed by atoms with Crippen LogP contribution in [0.15, 0.2) is 60.2 Å². The Morgan fingerprint density at radius 1 is 1.22 bits per heavy atom. The molecule has 1 aliphatic heterocycles. The van der Waals surface area contributed by atoms with Crippen molar-refractivity contribution in [3.05, 3.63) is 65.8 Å². The van der Waals surface area contributed by atoms with Crippen LogP contribution in [0.5, 0.6) is 5.75 Å². The first-order valence-corrected chi connectivity index (χ1v) is 8.47. The monoisotopic (exact) mass is 311 g/mol. The molecule has 0 radical (unpaired) electrons. The molecule has 0 aliphatic carbocycles. The molecule has 2 nitrogen and oxygen atoms in total. The Morgan fingerprint density at radius 2 is 1.87 bits per heavy atom. The standard InChI is InChI=1S/C21H29NO/c1-5-17(2)6-7-18(3)16-22-14-12-20(13-15-22)19-8-10-21(23-4)11-9-19/h5-11,20H,3,12-16H2,1-2,4H3/b7-6-,17-5-. The number of hydrogen-bond donors (Lipinski definition) is 0. The molecule has 2 heteroatoms. The van der Waals surface area contributed by atoms with Crippen molar-refractivity contribution < 1.29 is 4.74 Å². The highest BCUT2D eigenvalue weighted by Crippen LogP contribution is 2.29. The lowest BCUT2D eigenvalue weighted by molar-refractivity contribution is 0.229. The van der Waals surface area contributed by atoms with E-state index >= 15 is 0 Å². The van der Waals surface area contributed by atoms with Crippen molar-refractivity contribution in [2.24, 2.45) is 0 Å². The van der Waals surface area contributed by atoms with Gasteiger partial charge in [-0.3, -0.25) is 4.90 Å². The molecular weight excluding hydrogens is 282 g/mol. The van der Waals surface area contributed by atoms with Crippen molar-refractivity contribution in [3.63, 3.8) is 0 Å². The third-order valence-electron chi connectivity index (χ3n) is 4.64. The van der Waals surface area contributed by atoms with Gasteiger partial charge in [0.15, 0.2) is 0 Å². The average molecular weight is 311 g/mol. The van der Waals surface area contributed by atoms with Crippen LogP contribution in [-0.2, 0) is 0 Å². The first kappa shape index (κ1) is 17.6. The molecule has 1 heterocycles. The van der Waals surface area contributed by atoms with E-state index in [9.17, 15) is 0 Å². The van der Waals surface area contributed by atoms with E-state index in [4.69, 9.17) is 4.74 Å². The van der Waals surface area contributed by atoms with Gasteiger partial charge in [0.1, 0.15) is 5.75 Å². The summed E-state index contributed by atoms with van der Waals surface area (Å²) in [5.41, 5.74) is 3.91. The van der Waals surface area contributed by atoms with E-state index in [-0.39, 0.29) is 0 Å². The smallest absolute Gasteiger partial charge is 0.118 e. The fourth-order valence-electron chi connectivity index (χ4n) is 2.99. The topological polar surface area (TPSA) is 12.5 Å². The SMILES string of the molecule is C=C(/C=C\C(C)=C/C)CN1CCC(c2ccc(OC)cc2)CC1. The van der Waals surface area contributed by atoms with Gasteiger partial charge >= 0.3 is 0 Å². The van der Waals surface area contributed by atoms with E-state index in [1.165, 1.54) is 29.6 Å². The summed E-state index contributed by atoms with van der Waals surface area (Å²) >= 11 is 0. The van der Waals surface area contributed by atoms with Gasteiger partial charge in [-0.05, 0) is 69.0 Å². The molecule has 0 spiro atoms. The summed E-state index contributed by atoms with van der Waals surface area (Å²) in [6.45, 7) is 11.6. The molecule has 0 atom stereocenters. The molecule has 0 aromatic heterocycles. The maximum atomic E-state index is 5.24. The Kier molecular flexibility index (Phi) is 6.66. The zero-order chi connectivity index (χ0) is 16.7. The first-order valence-electron chi connectivity index (χ1n) is 8.47. The highest BCUT2D eigenvalue weighted by molar-refractivity contribution is 5.30. The number of nitrogens with zero attached hydrogens (tertiary/aromatic N) is 1. The minimum Gasteiger partial charge on any atom is -0.497 e. The maximum Gasteiger partial charge on any atom is 0.118 e. The molecular formula is C21H29NO. The van der Waals surface area contributed by atoms with Crippen LogP contribution < -0.4 is 4.74 Å². The molecule has 0 saturated carbocycles. The van der Waals surface area contributed by atoms with Crippen molar-refractivity contribution in [3.8, 4) is 5.75 Å². The molecule has 0 bridgehead atoms. The molecule has 0 unspecified atom stereocenters. The second kappa shape index (κ2) is 8.73. The Balaban J connectivity index is 1.81. The van der Waals surface area contributed by atoms with Crippen LogP contribution in [0.1, 0.15) is 38.2 Å². The van der Waals surface area contributed by atoms with Crippen LogP contribution >= 0.6 is 0 Å². The highest BCUT2D eigenvalue weighted by Gasteiger charge is 2.20. The fraction of sp³-hybridized carbons (Fsp3) is 0.429. The van der Waals surface area contributed by atoms with Gasteiger partial charge in [-0.15, -0.1) is 0 Å². The van der Waals surface area contributed by atoms with Crippen molar-refractivity contribution in [2.45, 2.75) is 32.6 Å². The Labute approximate surface area is 141 Å². The number of methoxy groups -OCH3 is 1. The largest absolute Gasteiger partial charge is 0.497 e. The predicted molar refractivity (Wildman–Crippen MR) is 99.1 cm³/mol. The Hall–Kier alpha value is -1.80. The molecule has 1 aromatic rings. The summed E-state index contributed by atoms with van der Waals surface area (Å²) < 4.78 is 5.24. The van der Waals surface area contributed by atoms with Crippen LogP contribution in [0.25, 0.3) is 0 Å². The molecule has 124 valence electrons. The minimum atomic E-state index is 0.672. The van der Waals surface area contributed by atoms with Crippen molar-refractivity contribution >= 4 is 0 Å². The lowest BCUT2D eigenvalue weighted by Crippen LogP contribution is -2.34. The van der Waals surface area contributed by atoms with E-state index in [2.05, 4.69) is 67.8 Å². The highest BCUT2D eigenvalue weighted by atomic mass is 16.5. The number of hydrogen-bond acceptors (Lipinski definition) is 2. The number of benzene rings is 1. The molecule has 2 rings (SSSR count). The van der Waals surface area contributed by atoms with E-state index in [0.717, 1.165) is 25.4 Å². The lowest BCUT2D eigenvalue weighted by atomic mass is 9.89. The zero-order valence-corrected chi connectivity index (χ0v) is 14.7. The summed E-state index contributed by atoms with van der Waals surface area (Å²) in [6, 6.07) is 8.55. The number of piperidine rings is 1. The average Bonchev–Trinajstić information content (AvgIpc) is 2.60. The fourth-order valence-corrected chi connectivity index (χ4v) is 2.99. The summed E-state index contributed by atoms with van der Waals surface area (Å²) in [5.74, 6) is 1.61. The molecule has 23 heavy (non-hydrogen) atoms. The number of ether oxygens (including phenoxy) is 1. The van der Waals surface area contributed by atoms with Crippen LogP contribution in [0.3, 0.4) is 0 Å². The van der Waals surface area contributed by atoms with Gasteiger partial charge in [-0.2, -0.15) is 0 Å². The Morgan fingerprint density at radius 3 is 2.43 bits per heavy atom. The van der Waals surface area contributed by atoms with Crippen LogP contribution in [0, 0.1) is 0 Å². The van der Waals surface area contributed by atoms with Gasteiger partial charge in [0.05, 0.1) is 7.11 Å². The van der Waals surface area contributed by atoms with Gasteiger partial charge in [0.25, 0.3) is 0 Å². The first-order chi connectivity index (χ1) is 11.1. The van der Waals surface area contributed by atoms with Crippen molar-refractivity contribution in [1.29, 1.82) is 0 Å². The lowest BCUT2D eigenvalue weighted by Gasteiger charge is -2.32. The van der Waals surface area contributed by atoms with Crippen LogP contribution in [0.4, 0.5) is 0 Å². The van der Waals surface area contributed by atoms with Gasteiger partial charge in [-0.1, -0.05) is 42.5 Å². The molecule has 0 amide bonds. The molecule has 1 saturated heterocycles. The van der Waals surface area contributed by atoms with E-state index in [1.807, 2.05) is 0 Å². The molecule has 1 aliphatic rings. The zero-order valence-electron chi connectivity index (χ0n) is 14.7. The van der Waals surface area contributed by atoms with Crippen LogP contribution in [0.2, 0.25) is 0 Å². The number of allylic oxidation sites excluding steroid dienone is 3. The summed E-state index contributed by atoms with van der Waals surface area (Å²) in [6.07, 6.45) is 8.84. The number of likely N-dealkylation sites (tertiary alicyclic amines) is 1. The van der Waals surface area contributed by atoms with E-state index < -0.39 is 0 Å². The normalized spacial score (nSPS) is 17.6. The van der Waals surface area contributed by atoms with Crippen molar-refractivity contribution in [1.82, 2.24) is 4.90 Å². The second-order valence-corrected chi connectivity index (χ2v) is 6.35. The van der Waals surface area contributed by atoms with Gasteiger partial charge < -0.3 is 4.74 Å². The third kappa shape index (κ3) is 5.40. The van der Waals surface area contributed by atoms with Gasteiger partial charge in [0, 0.05) is 6.54 Å². The van der Waals surface area contributed by atoms with Gasteiger partial charge in [0.2, 0.25) is 0 Å². The Bertz CT molecular complexity index is 560. The number of rotatable bonds is 6. The summed E-state index contributed by atoms with van der Waals surface area (Å²) in [5, 5.41) is 0. The summed E-state index contributed by atoms with van der Waals surface area (Å²) in [7, 11) is 1.71. The van der Waals surface area contributed by atoms with E-state index in [1.54, 1.807) is 7.11 Å².